The molecule has 0 aliphatic rings. The van der Waals surface area contributed by atoms with Gasteiger partial charge in [-0.15, -0.1) is 0 Å². The maximum atomic E-state index is 11.3. The number of fused-ring (bicyclic) bond motifs is 1. The molecule has 2 rings (SSSR count). The fourth-order valence-electron chi connectivity index (χ4n) is 1.89. The first-order chi connectivity index (χ1) is 9.25. The third kappa shape index (κ3) is 4.14. The highest BCUT2D eigenvalue weighted by Crippen LogP contribution is 2.12. The maximum Gasteiger partial charge on any atom is 0.209 e. The molecule has 0 saturated heterocycles. The van der Waals surface area contributed by atoms with E-state index in [4.69, 9.17) is 0 Å². The summed E-state index contributed by atoms with van der Waals surface area (Å²) >= 11 is 0. The summed E-state index contributed by atoms with van der Waals surface area (Å²) in [5.41, 5.74) is 1.01. The first-order valence-electron chi connectivity index (χ1n) is 6.20. The summed E-state index contributed by atoms with van der Waals surface area (Å²) in [7, 11) is -3.25. The maximum absolute atomic E-state index is 11.3. The molecule has 0 atom stereocenters. The van der Waals surface area contributed by atoms with Crippen LogP contribution in [-0.4, -0.2) is 36.7 Å². The molecule has 0 radical (unpaired) electrons. The summed E-state index contributed by atoms with van der Waals surface area (Å²) in [6.07, 6.45) is 2.78. The van der Waals surface area contributed by atoms with Gasteiger partial charge < -0.3 is 5.32 Å². The summed E-state index contributed by atoms with van der Waals surface area (Å²) in [5.74, 6) is 0.618. The number of sulfonamides is 1. The van der Waals surface area contributed by atoms with Crippen LogP contribution in [0.15, 0.2) is 30.5 Å². The van der Waals surface area contributed by atoms with Crippen LogP contribution in [0.2, 0.25) is 0 Å². The van der Waals surface area contributed by atoms with Crippen molar-refractivity contribution in [1.29, 1.82) is 0 Å². The number of aromatic nitrogens is 2. The van der Waals surface area contributed by atoms with Crippen LogP contribution in [0.3, 0.4) is 0 Å². The summed E-state index contributed by atoms with van der Waals surface area (Å²) in [6.45, 7) is 4.01. The van der Waals surface area contributed by atoms with Crippen molar-refractivity contribution in [2.45, 2.75) is 19.4 Å². The van der Waals surface area contributed by atoms with Crippen molar-refractivity contribution >= 4 is 26.9 Å². The molecule has 20 heavy (non-hydrogen) atoms. The molecule has 7 heteroatoms. The largest absolute Gasteiger partial charge is 0.367 e. The summed E-state index contributed by atoms with van der Waals surface area (Å²) in [4.78, 5) is 8.72. The van der Waals surface area contributed by atoms with Crippen molar-refractivity contribution < 1.29 is 8.42 Å². The van der Waals surface area contributed by atoms with Gasteiger partial charge in [-0.05, 0) is 26.0 Å². The van der Waals surface area contributed by atoms with E-state index in [0.717, 1.165) is 17.3 Å². The van der Waals surface area contributed by atoms with Crippen LogP contribution in [-0.2, 0) is 10.0 Å². The number of rotatable bonds is 5. The lowest BCUT2D eigenvalue weighted by Gasteiger charge is -2.25. The Morgan fingerprint density at radius 3 is 2.50 bits per heavy atom. The lowest BCUT2D eigenvalue weighted by molar-refractivity contribution is 0.476. The zero-order valence-electron chi connectivity index (χ0n) is 11.7. The summed E-state index contributed by atoms with van der Waals surface area (Å²) in [6, 6.07) is 7.58. The molecule has 0 saturated carbocycles. The van der Waals surface area contributed by atoms with Crippen LogP contribution < -0.4 is 10.0 Å². The van der Waals surface area contributed by atoms with Crippen LogP contribution in [0.25, 0.3) is 11.0 Å². The van der Waals surface area contributed by atoms with Crippen molar-refractivity contribution in [3.8, 4) is 0 Å². The van der Waals surface area contributed by atoms with Crippen molar-refractivity contribution in [1.82, 2.24) is 14.7 Å². The van der Waals surface area contributed by atoms with E-state index in [1.54, 1.807) is 20.0 Å². The molecule has 6 nitrogen and oxygen atoms in total. The Morgan fingerprint density at radius 2 is 1.85 bits per heavy atom. The molecule has 0 spiro atoms. The third-order valence-electron chi connectivity index (χ3n) is 2.62. The zero-order valence-corrected chi connectivity index (χ0v) is 12.5. The van der Waals surface area contributed by atoms with E-state index < -0.39 is 15.6 Å². The molecule has 0 fully saturated rings. The lowest BCUT2D eigenvalue weighted by atomic mass is 10.1. The molecule has 0 amide bonds. The Bertz CT molecular complexity index is 713. The Hall–Kier alpha value is -1.73. The number of para-hydroxylation sites is 2. The summed E-state index contributed by atoms with van der Waals surface area (Å²) < 4.78 is 25.1. The number of hydrogen-bond acceptors (Lipinski definition) is 5. The molecule has 108 valence electrons. The Labute approximate surface area is 118 Å². The average molecular weight is 294 g/mol. The molecular weight excluding hydrogens is 276 g/mol. The van der Waals surface area contributed by atoms with Gasteiger partial charge in [-0.1, -0.05) is 12.1 Å². The van der Waals surface area contributed by atoms with E-state index in [1.165, 1.54) is 0 Å². The average Bonchev–Trinajstić information content (AvgIpc) is 2.33. The summed E-state index contributed by atoms with van der Waals surface area (Å²) in [5, 5.41) is 3.10. The van der Waals surface area contributed by atoms with Gasteiger partial charge in [-0.3, -0.25) is 4.98 Å². The van der Waals surface area contributed by atoms with Crippen molar-refractivity contribution in [3.05, 3.63) is 30.5 Å². The van der Waals surface area contributed by atoms with Crippen LogP contribution in [0.5, 0.6) is 0 Å². The number of nitrogens with one attached hydrogen (secondary N) is 2. The fraction of sp³-hybridized carbons (Fsp3) is 0.385. The second-order valence-electron chi connectivity index (χ2n) is 5.36. The van der Waals surface area contributed by atoms with Crippen molar-refractivity contribution in [2.75, 3.05) is 18.1 Å². The van der Waals surface area contributed by atoms with Crippen molar-refractivity contribution in [2.24, 2.45) is 0 Å². The Kier molecular flexibility index (Phi) is 3.92. The number of benzene rings is 1. The van der Waals surface area contributed by atoms with Gasteiger partial charge >= 0.3 is 0 Å². The van der Waals surface area contributed by atoms with Crippen molar-refractivity contribution in [3.63, 3.8) is 0 Å². The Morgan fingerprint density at radius 1 is 1.20 bits per heavy atom. The van der Waals surface area contributed by atoms with Gasteiger partial charge in [0.1, 0.15) is 5.82 Å². The third-order valence-corrected chi connectivity index (χ3v) is 3.55. The fourth-order valence-corrected chi connectivity index (χ4v) is 2.97. The molecule has 0 aliphatic carbocycles. The normalized spacial score (nSPS) is 12.6. The minimum absolute atomic E-state index is 0.410. The van der Waals surface area contributed by atoms with Gasteiger partial charge in [0.2, 0.25) is 10.0 Å². The minimum atomic E-state index is -3.25. The predicted octanol–water partition coefficient (Wildman–Crippen LogP) is 1.37. The smallest absolute Gasteiger partial charge is 0.209 e. The second kappa shape index (κ2) is 5.34. The molecular formula is C13H18N4O2S. The predicted molar refractivity (Wildman–Crippen MR) is 80.1 cm³/mol. The topological polar surface area (TPSA) is 84.0 Å². The van der Waals surface area contributed by atoms with Crippen LogP contribution in [0, 0.1) is 0 Å². The second-order valence-corrected chi connectivity index (χ2v) is 7.10. The highest BCUT2D eigenvalue weighted by atomic mass is 32.2. The number of hydrogen-bond donors (Lipinski definition) is 2. The molecule has 2 aromatic rings. The van der Waals surface area contributed by atoms with E-state index in [9.17, 15) is 8.42 Å². The standard InChI is InChI=1S/C13H18N4O2S/c1-13(2,17-20(3,18)19)9-15-12-8-14-10-6-4-5-7-11(10)16-12/h4-8,17H,9H2,1-3H3,(H,15,16). The van der Waals surface area contributed by atoms with Crippen LogP contribution >= 0.6 is 0 Å². The minimum Gasteiger partial charge on any atom is -0.367 e. The van der Waals surface area contributed by atoms with E-state index in [0.29, 0.717) is 12.4 Å². The lowest BCUT2D eigenvalue weighted by Crippen LogP contribution is -2.47. The van der Waals surface area contributed by atoms with Gasteiger partial charge in [0.25, 0.3) is 0 Å². The number of anilines is 1. The van der Waals surface area contributed by atoms with Crippen LogP contribution in [0.4, 0.5) is 5.82 Å². The molecule has 1 aromatic carbocycles. The van der Waals surface area contributed by atoms with Gasteiger partial charge in [0.15, 0.2) is 0 Å². The van der Waals surface area contributed by atoms with E-state index in [2.05, 4.69) is 20.0 Å². The molecule has 0 bridgehead atoms. The first-order valence-corrected chi connectivity index (χ1v) is 8.09. The Balaban J connectivity index is 2.09. The molecule has 2 N–H and O–H groups in total. The van der Waals surface area contributed by atoms with E-state index >= 15 is 0 Å². The highest BCUT2D eigenvalue weighted by Gasteiger charge is 2.21. The monoisotopic (exact) mass is 294 g/mol. The van der Waals surface area contributed by atoms with Gasteiger partial charge in [-0.25, -0.2) is 18.1 Å². The van der Waals surface area contributed by atoms with Gasteiger partial charge in [0, 0.05) is 12.1 Å². The van der Waals surface area contributed by atoms with E-state index in [-0.39, 0.29) is 0 Å². The SMILES string of the molecule is CC(C)(CNc1cnc2ccccc2n1)NS(C)(=O)=O. The van der Waals surface area contributed by atoms with Crippen LogP contribution in [0.1, 0.15) is 13.8 Å². The number of nitrogens with zero attached hydrogens (tertiary/aromatic N) is 2. The molecule has 0 unspecified atom stereocenters. The highest BCUT2D eigenvalue weighted by molar-refractivity contribution is 7.88. The molecule has 1 aromatic heterocycles. The first kappa shape index (κ1) is 14.7. The van der Waals surface area contributed by atoms with Gasteiger partial charge in [-0.2, -0.15) is 0 Å². The quantitative estimate of drug-likeness (QED) is 0.870. The molecule has 0 aliphatic heterocycles. The zero-order chi connectivity index (χ0) is 14.8. The van der Waals surface area contributed by atoms with E-state index in [1.807, 2.05) is 24.3 Å². The van der Waals surface area contributed by atoms with Gasteiger partial charge in [0.05, 0.1) is 23.5 Å². The molecule has 1 heterocycles.